The van der Waals surface area contributed by atoms with Gasteiger partial charge < -0.3 is 30.0 Å². The van der Waals surface area contributed by atoms with Gasteiger partial charge in [-0.1, -0.05) is 84.8 Å². The number of aryl methyl sites for hydroxylation is 3. The van der Waals surface area contributed by atoms with Gasteiger partial charge in [0.2, 0.25) is 6.08 Å². The molecule has 11 aromatic rings. The third-order valence-corrected chi connectivity index (χ3v) is 12.6. The summed E-state index contributed by atoms with van der Waals surface area (Å²) in [5, 5.41) is 22.0. The maximum absolute atomic E-state index is 10.2. The van der Waals surface area contributed by atoms with Crippen LogP contribution in [0.3, 0.4) is 0 Å². The molecule has 2 aliphatic rings. The third kappa shape index (κ3) is 16.5. The molecule has 9 heterocycles. The van der Waals surface area contributed by atoms with Gasteiger partial charge in [-0.3, -0.25) is 40.0 Å². The molecule has 1 aliphatic heterocycles. The molecule has 8 aromatic heterocycles. The van der Waals surface area contributed by atoms with Crippen molar-refractivity contribution in [2.75, 3.05) is 9.80 Å². The van der Waals surface area contributed by atoms with Gasteiger partial charge in [-0.25, -0.2) is 16.0 Å². The zero-order valence-corrected chi connectivity index (χ0v) is 55.8. The first-order chi connectivity index (χ1) is 36.2. The molecule has 4 radical (unpaired) electrons. The number of carbonyl (C=O) groups excluding carboxylic acids is 1. The molecule has 24 heteroatoms. The molecular weight excluding hydrogens is 1930 g/mol. The Morgan fingerprint density at radius 2 is 1.56 bits per heavy atom. The molecule has 414 valence electrons. The van der Waals surface area contributed by atoms with Crippen LogP contribution < -0.4 is 9.80 Å². The van der Waals surface area contributed by atoms with Crippen molar-refractivity contribution < 1.29 is 106 Å². The second kappa shape index (κ2) is 31.7. The maximum Gasteiger partial charge on any atom is 0.240 e. The Labute approximate surface area is 534 Å². The number of isocyanates is 1. The van der Waals surface area contributed by atoms with E-state index in [2.05, 4.69) is 130 Å². The molecule has 0 atom stereocenters. The number of hydrogen-bond donors (Lipinski definition) is 0. The largest absolute Gasteiger partial charge is 0.509 e. The van der Waals surface area contributed by atoms with Crippen LogP contribution in [0.4, 0.5) is 17.1 Å². The number of benzene rings is 3. The zero-order valence-electron chi connectivity index (χ0n) is 42.3. The molecule has 0 bridgehead atoms. The average Bonchev–Trinajstić information content (AvgIpc) is 4.43. The smallest absolute Gasteiger partial charge is 0.240 e. The van der Waals surface area contributed by atoms with E-state index >= 15 is 0 Å². The van der Waals surface area contributed by atoms with Gasteiger partial charge in [0, 0.05) is 165 Å². The molecule has 0 fully saturated rings. The number of rotatable bonds is 7. The van der Waals surface area contributed by atoms with Gasteiger partial charge in [0.05, 0.1) is 17.3 Å². The normalized spacial score (nSPS) is 11.6. The first-order valence-corrected chi connectivity index (χ1v) is 24.5. The summed E-state index contributed by atoms with van der Waals surface area (Å²) in [6.45, 7) is 6.55. The summed E-state index contributed by atoms with van der Waals surface area (Å²) >= 11 is 2.97. The van der Waals surface area contributed by atoms with Crippen molar-refractivity contribution in [2.45, 2.75) is 19.3 Å². The van der Waals surface area contributed by atoms with Crippen LogP contribution in [0, 0.1) is 37.1 Å². The number of aliphatic imine (C=N–C) groups is 1. The van der Waals surface area contributed by atoms with E-state index in [4.69, 9.17) is 0 Å². The number of pyridine rings is 1. The fraction of sp³-hybridized carbons (Fsp3) is 0.109. The number of fused-ring (bicyclic) bond motifs is 3. The molecule has 0 spiro atoms. The molecule has 17 nitrogen and oxygen atoms in total. The Hall–Kier alpha value is -6.00. The number of anilines is 2. The van der Waals surface area contributed by atoms with E-state index < -0.39 is 0 Å². The van der Waals surface area contributed by atoms with E-state index in [1.165, 1.54) is 46.2 Å². The van der Waals surface area contributed by atoms with Crippen LogP contribution in [0.25, 0.3) is 51.0 Å². The topological polar surface area (TPSA) is 172 Å². The molecular formula is C55H44Ir4N16OPtS2-6. The van der Waals surface area contributed by atoms with Crippen molar-refractivity contribution in [3.8, 4) is 51.0 Å². The van der Waals surface area contributed by atoms with Crippen molar-refractivity contribution in [2.24, 2.45) is 26.1 Å². The fourth-order valence-corrected chi connectivity index (χ4v) is 8.81. The summed E-state index contributed by atoms with van der Waals surface area (Å²) in [4.78, 5) is 33.6. The van der Waals surface area contributed by atoms with Crippen molar-refractivity contribution in [3.63, 3.8) is 0 Å². The van der Waals surface area contributed by atoms with Gasteiger partial charge in [0.25, 0.3) is 0 Å². The van der Waals surface area contributed by atoms with Crippen molar-refractivity contribution in [3.05, 3.63) is 218 Å². The second-order valence-electron chi connectivity index (χ2n) is 16.6. The summed E-state index contributed by atoms with van der Waals surface area (Å²) in [7, 11) is 5.78. The van der Waals surface area contributed by atoms with Crippen molar-refractivity contribution in [1.82, 2.24) is 63.2 Å². The number of nitrogens with zero attached hydrogens (tertiary/aromatic N) is 16. The second-order valence-corrected chi connectivity index (χ2v) is 18.0. The summed E-state index contributed by atoms with van der Waals surface area (Å²) in [6.07, 6.45) is 25.5. The summed E-state index contributed by atoms with van der Waals surface area (Å²) in [6, 6.07) is 38.5. The Morgan fingerprint density at radius 3 is 2.18 bits per heavy atom. The number of hydrogen-bond acceptors (Lipinski definition) is 15. The molecule has 0 unspecified atom stereocenters. The monoisotopic (exact) mass is 1980 g/mol. The predicted octanol–water partition coefficient (Wildman–Crippen LogP) is 10.1. The van der Waals surface area contributed by atoms with E-state index in [9.17, 15) is 4.79 Å². The number of thiophene rings is 1. The molecule has 0 saturated heterocycles. The van der Waals surface area contributed by atoms with E-state index in [1.54, 1.807) is 77.7 Å². The quantitative estimate of drug-likeness (QED) is 0.0842. The minimum Gasteiger partial charge on any atom is -0.509 e. The Bertz CT molecular complexity index is 3590. The Kier molecular flexibility index (Phi) is 26.3. The third-order valence-electron chi connectivity index (χ3n) is 11.4. The standard InChI is InChI=1S/C19H17N2.C14H9N3OS.C9H8N3.C7H5N4.C6H5N4S.4Ir.Pt/c1-19(2)16-7-5-4-6-14(16)15-9-8-13(12-17(15)19)18-10-11-21(3)20-18;18-10-15-12-1-3-13(4-2-12)16-6-7-17(11-16)14-5-8-19-9-14;1-12-6-5-11-9(12)8-3-2-4-10-7-8;1-3-10-11(5-1)7-2-4-8-6-9-7;1-10-4-7-9-6(10)5-2-8-11-3-5;;;;;/h4-7,9-12H,1-3H3;1-4,6-9,11H;2,4-7H,1H3;1,3-6H;3-4H,1H3;;;;;/q-1;-2;3*-1;;;;;. The predicted molar refractivity (Wildman–Crippen MR) is 285 cm³/mol. The molecule has 0 amide bonds. The van der Waals surface area contributed by atoms with Gasteiger partial charge in [0.15, 0.2) is 0 Å². The van der Waals surface area contributed by atoms with Gasteiger partial charge in [-0.15, -0.1) is 82.2 Å². The van der Waals surface area contributed by atoms with Crippen LogP contribution in [-0.2, 0) is 133 Å². The minimum atomic E-state index is 0. The molecule has 79 heavy (non-hydrogen) atoms. The fourth-order valence-electron chi connectivity index (χ4n) is 7.77. The summed E-state index contributed by atoms with van der Waals surface area (Å²) in [5.41, 5.74) is 11.9. The van der Waals surface area contributed by atoms with Crippen LogP contribution >= 0.6 is 22.9 Å². The Morgan fingerprint density at radius 1 is 0.747 bits per heavy atom. The van der Waals surface area contributed by atoms with E-state index in [0.29, 0.717) is 11.5 Å². The van der Waals surface area contributed by atoms with Crippen LogP contribution in [-0.4, -0.2) is 69.3 Å². The molecule has 3 aromatic carbocycles. The van der Waals surface area contributed by atoms with Crippen LogP contribution in [0.2, 0.25) is 0 Å². The van der Waals surface area contributed by atoms with Crippen LogP contribution in [0.1, 0.15) is 25.0 Å². The van der Waals surface area contributed by atoms with Crippen molar-refractivity contribution in [1.29, 1.82) is 0 Å². The summed E-state index contributed by atoms with van der Waals surface area (Å²) in [5.74, 6) is 2.35. The molecule has 0 saturated carbocycles. The van der Waals surface area contributed by atoms with E-state index in [0.717, 1.165) is 45.4 Å². The minimum absolute atomic E-state index is 0. The van der Waals surface area contributed by atoms with E-state index in [1.807, 2.05) is 117 Å². The first-order valence-electron chi connectivity index (χ1n) is 22.7. The average molecular weight is 1970 g/mol. The van der Waals surface area contributed by atoms with Gasteiger partial charge in [-0.2, -0.15) is 26.0 Å². The van der Waals surface area contributed by atoms with Gasteiger partial charge in [-0.05, 0) is 59.5 Å². The SMILES string of the molecule is Cn1ccc(-c2[c-]cc3c(c2)C(C)(C)c2ccccc2-3)n1.Cn1ccnc1-c1[c-]ccnc1.Cn1cnnc1-c1[c-]nsc1.O=C=Nc1ccc(N2C=CN(c3[c-]csc3)[CH-]2)cc1.[Ir].[Ir].[Ir].[Ir].[Pt].[c-]1cncnc1-n1cccn1. The zero-order chi connectivity index (χ0) is 51.3. The number of aromatic nitrogens is 13. The molecule has 13 rings (SSSR count). The van der Waals surface area contributed by atoms with Crippen LogP contribution in [0.5, 0.6) is 0 Å². The van der Waals surface area contributed by atoms with Gasteiger partial charge in [0.1, 0.15) is 12.7 Å². The Balaban J connectivity index is 0.000000215. The molecule has 0 N–H and O–H groups in total. The van der Waals surface area contributed by atoms with E-state index in [-0.39, 0.29) is 107 Å². The number of imidazole rings is 1. The van der Waals surface area contributed by atoms with Gasteiger partial charge >= 0.3 is 0 Å². The maximum atomic E-state index is 10.2. The molecule has 1 aliphatic carbocycles. The van der Waals surface area contributed by atoms with Crippen LogP contribution in [0.15, 0.2) is 175 Å². The summed E-state index contributed by atoms with van der Waals surface area (Å²) < 4.78 is 11.1. The first kappa shape index (κ1) is 65.5. The van der Waals surface area contributed by atoms with Crippen molar-refractivity contribution >= 4 is 46.0 Å².